The summed E-state index contributed by atoms with van der Waals surface area (Å²) >= 11 is 0. The number of carboxylic acids is 1. The topological polar surface area (TPSA) is 82.1 Å². The number of carbonyl (C=O) groups excluding carboxylic acids is 1. The van der Waals surface area contributed by atoms with Crippen LogP contribution in [0.15, 0.2) is 30.3 Å². The molecule has 0 saturated carbocycles. The maximum absolute atomic E-state index is 11.5. The van der Waals surface area contributed by atoms with Crippen LogP contribution in [0.2, 0.25) is 0 Å². The van der Waals surface area contributed by atoms with Crippen LogP contribution in [0.3, 0.4) is 0 Å². The van der Waals surface area contributed by atoms with Gasteiger partial charge in [0.2, 0.25) is 0 Å². The number of carbonyl (C=O) groups is 2. The lowest BCUT2D eigenvalue weighted by atomic mass is 10.1. The quantitative estimate of drug-likeness (QED) is 0.852. The van der Waals surface area contributed by atoms with Crippen molar-refractivity contribution in [1.82, 2.24) is 0 Å². The summed E-state index contributed by atoms with van der Waals surface area (Å²) in [6, 6.07) is 9.69. The summed E-state index contributed by atoms with van der Waals surface area (Å²) in [5.41, 5.74) is 1.02. The summed E-state index contributed by atoms with van der Waals surface area (Å²) in [5, 5.41) is 8.33. The molecule has 1 aromatic carbocycles. The van der Waals surface area contributed by atoms with Gasteiger partial charge >= 0.3 is 11.9 Å². The van der Waals surface area contributed by atoms with Crippen molar-refractivity contribution >= 4 is 11.9 Å². The van der Waals surface area contributed by atoms with Crippen LogP contribution < -0.4 is 0 Å². The van der Waals surface area contributed by atoms with Gasteiger partial charge in [-0.2, -0.15) is 0 Å². The van der Waals surface area contributed by atoms with Gasteiger partial charge in [0.05, 0.1) is 25.0 Å². The van der Waals surface area contributed by atoms with Gasteiger partial charge in [-0.05, 0) is 18.4 Å². The molecule has 6 nitrogen and oxygen atoms in total. The van der Waals surface area contributed by atoms with Crippen LogP contribution >= 0.6 is 0 Å². The molecule has 23 heavy (non-hydrogen) atoms. The summed E-state index contributed by atoms with van der Waals surface area (Å²) < 4.78 is 15.2. The standard InChI is InChI=1S/C12H14O3.C5H8O3/c13-12(11-6-7-14-9-11)15-8-10-4-2-1-3-5-10;6-5(7)4-1-2-8-3-4/h1-5,11H,6-9H2;4H,1-3H2,(H,6,7). The van der Waals surface area contributed by atoms with E-state index in [4.69, 9.17) is 19.3 Å². The number of carboxylic acid groups (broad SMARTS) is 1. The van der Waals surface area contributed by atoms with Gasteiger partial charge in [0.15, 0.2) is 0 Å². The van der Waals surface area contributed by atoms with Crippen molar-refractivity contribution in [3.8, 4) is 0 Å². The van der Waals surface area contributed by atoms with Crippen LogP contribution in [0.4, 0.5) is 0 Å². The highest BCUT2D eigenvalue weighted by atomic mass is 16.5. The number of hydrogen-bond acceptors (Lipinski definition) is 5. The van der Waals surface area contributed by atoms with Crippen molar-refractivity contribution in [3.05, 3.63) is 35.9 Å². The smallest absolute Gasteiger partial charge is 0.311 e. The van der Waals surface area contributed by atoms with Gasteiger partial charge in [-0.1, -0.05) is 30.3 Å². The Balaban J connectivity index is 0.000000203. The first-order valence-electron chi connectivity index (χ1n) is 7.75. The molecule has 2 fully saturated rings. The largest absolute Gasteiger partial charge is 0.481 e. The molecule has 0 radical (unpaired) electrons. The highest BCUT2D eigenvalue weighted by Gasteiger charge is 2.24. The Labute approximate surface area is 135 Å². The van der Waals surface area contributed by atoms with Gasteiger partial charge in [-0.3, -0.25) is 9.59 Å². The first kappa shape index (κ1) is 17.4. The van der Waals surface area contributed by atoms with E-state index in [1.165, 1.54) is 0 Å². The third kappa shape index (κ3) is 6.00. The molecular weight excluding hydrogens is 300 g/mol. The van der Waals surface area contributed by atoms with E-state index in [1.54, 1.807) is 0 Å². The molecule has 2 saturated heterocycles. The first-order chi connectivity index (χ1) is 11.2. The van der Waals surface area contributed by atoms with E-state index in [1.807, 2.05) is 30.3 Å². The lowest BCUT2D eigenvalue weighted by Gasteiger charge is -2.08. The predicted molar refractivity (Wildman–Crippen MR) is 81.7 cm³/mol. The van der Waals surface area contributed by atoms with Crippen molar-refractivity contribution in [2.75, 3.05) is 26.4 Å². The van der Waals surface area contributed by atoms with Gasteiger partial charge < -0.3 is 19.3 Å². The first-order valence-corrected chi connectivity index (χ1v) is 7.75. The number of aliphatic carboxylic acids is 1. The van der Waals surface area contributed by atoms with Crippen LogP contribution in [0, 0.1) is 11.8 Å². The van der Waals surface area contributed by atoms with E-state index >= 15 is 0 Å². The van der Waals surface area contributed by atoms with Crippen molar-refractivity contribution in [1.29, 1.82) is 0 Å². The Hall–Kier alpha value is -1.92. The zero-order valence-corrected chi connectivity index (χ0v) is 13.0. The monoisotopic (exact) mass is 322 g/mol. The Bertz CT molecular complexity index is 489. The third-order valence-electron chi connectivity index (χ3n) is 3.77. The van der Waals surface area contributed by atoms with Crippen molar-refractivity contribution < 1.29 is 28.9 Å². The second-order valence-electron chi connectivity index (χ2n) is 5.55. The highest BCUT2D eigenvalue weighted by Crippen LogP contribution is 2.15. The third-order valence-corrected chi connectivity index (χ3v) is 3.77. The summed E-state index contributed by atoms with van der Waals surface area (Å²) in [5.74, 6) is -1.18. The summed E-state index contributed by atoms with van der Waals surface area (Å²) in [6.45, 7) is 2.54. The molecule has 0 aromatic heterocycles. The molecular formula is C17H22O6. The zero-order chi connectivity index (χ0) is 16.5. The molecule has 0 amide bonds. The lowest BCUT2D eigenvalue weighted by Crippen LogP contribution is -2.17. The van der Waals surface area contributed by atoms with Crippen molar-refractivity contribution in [2.24, 2.45) is 11.8 Å². The second-order valence-corrected chi connectivity index (χ2v) is 5.55. The zero-order valence-electron chi connectivity index (χ0n) is 13.0. The molecule has 0 spiro atoms. The predicted octanol–water partition coefficient (Wildman–Crippen LogP) is 1.87. The van der Waals surface area contributed by atoms with Crippen LogP contribution in [0.25, 0.3) is 0 Å². The molecule has 1 aromatic rings. The maximum Gasteiger partial charge on any atom is 0.311 e. The molecule has 6 heteroatoms. The summed E-state index contributed by atoms with van der Waals surface area (Å²) in [7, 11) is 0. The Kier molecular flexibility index (Phi) is 7.03. The van der Waals surface area contributed by atoms with Crippen LogP contribution in [0.1, 0.15) is 18.4 Å². The molecule has 2 aliphatic heterocycles. The Morgan fingerprint density at radius 1 is 1.04 bits per heavy atom. The Morgan fingerprint density at radius 2 is 1.65 bits per heavy atom. The maximum atomic E-state index is 11.5. The van der Waals surface area contributed by atoms with Crippen LogP contribution in [-0.4, -0.2) is 43.5 Å². The number of esters is 1. The summed E-state index contributed by atoms with van der Waals surface area (Å²) in [6.07, 6.45) is 1.46. The van der Waals surface area contributed by atoms with Crippen LogP contribution in [0.5, 0.6) is 0 Å². The molecule has 1 N–H and O–H groups in total. The van der Waals surface area contributed by atoms with E-state index in [0.717, 1.165) is 12.0 Å². The number of ether oxygens (including phenoxy) is 3. The molecule has 2 unspecified atom stereocenters. The number of rotatable bonds is 4. The summed E-state index contributed by atoms with van der Waals surface area (Å²) in [4.78, 5) is 21.6. The molecule has 2 heterocycles. The average Bonchev–Trinajstić information content (AvgIpc) is 3.27. The molecule has 3 rings (SSSR count). The van der Waals surface area contributed by atoms with Gasteiger partial charge in [0.25, 0.3) is 0 Å². The average molecular weight is 322 g/mol. The minimum absolute atomic E-state index is 0.0614. The van der Waals surface area contributed by atoms with E-state index in [9.17, 15) is 9.59 Å². The number of hydrogen-bond donors (Lipinski definition) is 1. The van der Waals surface area contributed by atoms with Gasteiger partial charge in [0.1, 0.15) is 6.61 Å². The van der Waals surface area contributed by atoms with Crippen LogP contribution in [-0.2, 0) is 30.4 Å². The lowest BCUT2D eigenvalue weighted by molar-refractivity contribution is -0.149. The SMILES string of the molecule is O=C(O)C1CCOC1.O=C(OCc1ccccc1)C1CCOC1. The second kappa shape index (κ2) is 9.27. The van der Waals surface area contributed by atoms with Gasteiger partial charge in [0, 0.05) is 13.2 Å². The van der Waals surface area contributed by atoms with E-state index in [0.29, 0.717) is 39.5 Å². The fourth-order valence-corrected chi connectivity index (χ4v) is 2.30. The molecule has 0 bridgehead atoms. The van der Waals surface area contributed by atoms with Crippen molar-refractivity contribution in [3.63, 3.8) is 0 Å². The van der Waals surface area contributed by atoms with Gasteiger partial charge in [-0.15, -0.1) is 0 Å². The minimum atomic E-state index is -0.734. The molecule has 2 atom stereocenters. The van der Waals surface area contributed by atoms with Crippen molar-refractivity contribution in [2.45, 2.75) is 19.4 Å². The van der Waals surface area contributed by atoms with E-state index in [-0.39, 0.29) is 17.8 Å². The fourth-order valence-electron chi connectivity index (χ4n) is 2.30. The normalized spacial score (nSPS) is 23.0. The molecule has 2 aliphatic rings. The molecule has 126 valence electrons. The van der Waals surface area contributed by atoms with E-state index < -0.39 is 5.97 Å². The Morgan fingerprint density at radius 3 is 2.13 bits per heavy atom. The number of benzene rings is 1. The minimum Gasteiger partial charge on any atom is -0.481 e. The van der Waals surface area contributed by atoms with Gasteiger partial charge in [-0.25, -0.2) is 0 Å². The fraction of sp³-hybridized carbons (Fsp3) is 0.529. The van der Waals surface area contributed by atoms with E-state index in [2.05, 4.69) is 0 Å². The molecule has 0 aliphatic carbocycles. The highest BCUT2D eigenvalue weighted by molar-refractivity contribution is 5.72.